The summed E-state index contributed by atoms with van der Waals surface area (Å²) in [6.45, 7) is 5.50. The third-order valence-electron chi connectivity index (χ3n) is 4.04. The van der Waals surface area contributed by atoms with E-state index in [-0.39, 0.29) is 17.2 Å². The molecular formula is C13H26N2O. The van der Waals surface area contributed by atoms with Crippen LogP contribution in [-0.4, -0.2) is 19.0 Å². The minimum absolute atomic E-state index is 0.124. The Balaban J connectivity index is 2.41. The van der Waals surface area contributed by atoms with Crippen LogP contribution in [0.25, 0.3) is 0 Å². The van der Waals surface area contributed by atoms with E-state index < -0.39 is 0 Å². The zero-order valence-corrected chi connectivity index (χ0v) is 10.7. The van der Waals surface area contributed by atoms with Crippen LogP contribution in [0, 0.1) is 11.3 Å². The van der Waals surface area contributed by atoms with Crippen molar-refractivity contribution >= 4 is 5.91 Å². The second-order valence-electron chi connectivity index (χ2n) is 5.29. The van der Waals surface area contributed by atoms with Crippen molar-refractivity contribution in [1.29, 1.82) is 0 Å². The molecule has 1 rings (SSSR count). The Labute approximate surface area is 99.2 Å². The van der Waals surface area contributed by atoms with Gasteiger partial charge in [-0.15, -0.1) is 0 Å². The van der Waals surface area contributed by atoms with Crippen LogP contribution in [0.1, 0.15) is 52.4 Å². The van der Waals surface area contributed by atoms with Gasteiger partial charge in [-0.3, -0.25) is 4.79 Å². The van der Waals surface area contributed by atoms with Crippen molar-refractivity contribution < 1.29 is 4.79 Å². The topological polar surface area (TPSA) is 55.1 Å². The Kier molecular flexibility index (Phi) is 5.26. The van der Waals surface area contributed by atoms with Crippen LogP contribution in [0.3, 0.4) is 0 Å². The van der Waals surface area contributed by atoms with Crippen molar-refractivity contribution in [3.8, 4) is 0 Å². The predicted octanol–water partition coefficient (Wildman–Crippen LogP) is 2.06. The van der Waals surface area contributed by atoms with Gasteiger partial charge in [0, 0.05) is 12.5 Å². The van der Waals surface area contributed by atoms with Gasteiger partial charge in [0.2, 0.25) is 5.91 Å². The molecular weight excluding hydrogens is 200 g/mol. The molecule has 0 saturated heterocycles. The van der Waals surface area contributed by atoms with E-state index in [1.165, 1.54) is 32.1 Å². The summed E-state index contributed by atoms with van der Waals surface area (Å²) in [7, 11) is 0. The van der Waals surface area contributed by atoms with Crippen LogP contribution in [0.2, 0.25) is 0 Å². The van der Waals surface area contributed by atoms with Gasteiger partial charge < -0.3 is 11.1 Å². The van der Waals surface area contributed by atoms with Crippen molar-refractivity contribution in [1.82, 2.24) is 5.32 Å². The Morgan fingerprint density at radius 3 is 2.50 bits per heavy atom. The van der Waals surface area contributed by atoms with E-state index in [1.807, 2.05) is 13.8 Å². The number of nitrogens with one attached hydrogen (secondary N) is 1. The Bertz CT molecular complexity index is 222. The summed E-state index contributed by atoms with van der Waals surface area (Å²) in [5, 5.41) is 3.08. The minimum atomic E-state index is 0.124. The lowest BCUT2D eigenvalue weighted by molar-refractivity contribution is -0.125. The number of carbonyl (C=O) groups excluding carboxylic acids is 1. The number of hydrogen-bond acceptors (Lipinski definition) is 2. The monoisotopic (exact) mass is 226 g/mol. The van der Waals surface area contributed by atoms with E-state index in [1.54, 1.807) is 0 Å². The maximum Gasteiger partial charge on any atom is 0.222 e. The molecule has 0 bridgehead atoms. The van der Waals surface area contributed by atoms with Gasteiger partial charge in [-0.25, -0.2) is 0 Å². The SMILES string of the molecule is CCC(C)C(=O)NCC1(CN)CCCCC1. The lowest BCUT2D eigenvalue weighted by atomic mass is 9.74. The number of hydrogen-bond donors (Lipinski definition) is 2. The van der Waals surface area contributed by atoms with E-state index in [4.69, 9.17) is 5.73 Å². The van der Waals surface area contributed by atoms with Gasteiger partial charge >= 0.3 is 0 Å². The van der Waals surface area contributed by atoms with Crippen LogP contribution in [-0.2, 0) is 4.79 Å². The summed E-state index contributed by atoms with van der Waals surface area (Å²) in [5.74, 6) is 0.305. The van der Waals surface area contributed by atoms with Gasteiger partial charge in [-0.2, -0.15) is 0 Å². The highest BCUT2D eigenvalue weighted by atomic mass is 16.1. The summed E-state index contributed by atoms with van der Waals surface area (Å²) < 4.78 is 0. The highest BCUT2D eigenvalue weighted by molar-refractivity contribution is 5.78. The summed E-state index contributed by atoms with van der Waals surface area (Å²) in [4.78, 5) is 11.7. The van der Waals surface area contributed by atoms with E-state index in [0.29, 0.717) is 6.54 Å². The van der Waals surface area contributed by atoms with E-state index >= 15 is 0 Å². The Morgan fingerprint density at radius 2 is 2.00 bits per heavy atom. The summed E-state index contributed by atoms with van der Waals surface area (Å²) >= 11 is 0. The van der Waals surface area contributed by atoms with Gasteiger partial charge in [0.15, 0.2) is 0 Å². The first-order valence-electron chi connectivity index (χ1n) is 6.61. The molecule has 0 aromatic carbocycles. The van der Waals surface area contributed by atoms with Gasteiger partial charge in [0.1, 0.15) is 0 Å². The van der Waals surface area contributed by atoms with Gasteiger partial charge in [-0.05, 0) is 31.2 Å². The smallest absolute Gasteiger partial charge is 0.222 e. The van der Waals surface area contributed by atoms with Gasteiger partial charge in [0.05, 0.1) is 0 Å². The van der Waals surface area contributed by atoms with Crippen molar-refractivity contribution in [2.24, 2.45) is 17.1 Å². The summed E-state index contributed by atoms with van der Waals surface area (Å²) in [6, 6.07) is 0. The highest BCUT2D eigenvalue weighted by Crippen LogP contribution is 2.34. The fourth-order valence-electron chi connectivity index (χ4n) is 2.39. The lowest BCUT2D eigenvalue weighted by Crippen LogP contribution is -2.44. The van der Waals surface area contributed by atoms with Crippen molar-refractivity contribution in [2.45, 2.75) is 52.4 Å². The van der Waals surface area contributed by atoms with E-state index in [0.717, 1.165) is 13.0 Å². The molecule has 1 unspecified atom stereocenters. The molecule has 0 aromatic heterocycles. The van der Waals surface area contributed by atoms with Crippen molar-refractivity contribution in [2.75, 3.05) is 13.1 Å². The third kappa shape index (κ3) is 3.48. The molecule has 1 aliphatic rings. The predicted molar refractivity (Wildman–Crippen MR) is 67.0 cm³/mol. The molecule has 0 aliphatic heterocycles. The fraction of sp³-hybridized carbons (Fsp3) is 0.923. The van der Waals surface area contributed by atoms with Crippen molar-refractivity contribution in [3.63, 3.8) is 0 Å². The summed E-state index contributed by atoms with van der Waals surface area (Å²) in [6.07, 6.45) is 7.09. The molecule has 1 amide bonds. The second kappa shape index (κ2) is 6.24. The molecule has 1 fully saturated rings. The quantitative estimate of drug-likeness (QED) is 0.754. The molecule has 3 nitrogen and oxygen atoms in total. The molecule has 3 heteroatoms. The molecule has 0 aromatic rings. The largest absolute Gasteiger partial charge is 0.355 e. The Hall–Kier alpha value is -0.570. The molecule has 1 saturated carbocycles. The molecule has 94 valence electrons. The first kappa shape index (κ1) is 13.5. The van der Waals surface area contributed by atoms with E-state index in [2.05, 4.69) is 5.32 Å². The van der Waals surface area contributed by atoms with Crippen molar-refractivity contribution in [3.05, 3.63) is 0 Å². The summed E-state index contributed by atoms with van der Waals surface area (Å²) in [5.41, 5.74) is 6.06. The first-order chi connectivity index (χ1) is 7.63. The molecule has 0 heterocycles. The van der Waals surface area contributed by atoms with Crippen LogP contribution in [0.5, 0.6) is 0 Å². The molecule has 0 radical (unpaired) electrons. The zero-order valence-electron chi connectivity index (χ0n) is 10.7. The minimum Gasteiger partial charge on any atom is -0.355 e. The average molecular weight is 226 g/mol. The van der Waals surface area contributed by atoms with Crippen LogP contribution < -0.4 is 11.1 Å². The fourth-order valence-corrected chi connectivity index (χ4v) is 2.39. The Morgan fingerprint density at radius 1 is 1.38 bits per heavy atom. The maximum atomic E-state index is 11.7. The number of nitrogens with two attached hydrogens (primary N) is 1. The highest BCUT2D eigenvalue weighted by Gasteiger charge is 2.31. The number of carbonyl (C=O) groups is 1. The lowest BCUT2D eigenvalue weighted by Gasteiger charge is -2.36. The molecule has 3 N–H and O–H groups in total. The van der Waals surface area contributed by atoms with Gasteiger partial charge in [-0.1, -0.05) is 33.1 Å². The zero-order chi connectivity index (χ0) is 12.0. The standard InChI is InChI=1S/C13H26N2O/c1-3-11(2)12(16)15-10-13(9-14)7-5-4-6-8-13/h11H,3-10,14H2,1-2H3,(H,15,16). The first-order valence-corrected chi connectivity index (χ1v) is 6.61. The number of rotatable bonds is 5. The third-order valence-corrected chi connectivity index (χ3v) is 4.04. The van der Waals surface area contributed by atoms with Crippen LogP contribution in [0.15, 0.2) is 0 Å². The molecule has 16 heavy (non-hydrogen) atoms. The van der Waals surface area contributed by atoms with Crippen LogP contribution >= 0.6 is 0 Å². The molecule has 0 spiro atoms. The van der Waals surface area contributed by atoms with Gasteiger partial charge in [0.25, 0.3) is 0 Å². The molecule has 1 atom stereocenters. The molecule has 1 aliphatic carbocycles. The number of amides is 1. The van der Waals surface area contributed by atoms with E-state index in [9.17, 15) is 4.79 Å². The maximum absolute atomic E-state index is 11.7. The average Bonchev–Trinajstić information content (AvgIpc) is 2.36. The second-order valence-corrected chi connectivity index (χ2v) is 5.29. The van der Waals surface area contributed by atoms with Crippen LogP contribution in [0.4, 0.5) is 0 Å². The normalized spacial score (nSPS) is 21.4.